The van der Waals surface area contributed by atoms with Crippen LogP contribution in [0.4, 0.5) is 0 Å². The highest BCUT2D eigenvalue weighted by molar-refractivity contribution is 5.78. The summed E-state index contributed by atoms with van der Waals surface area (Å²) in [5, 5.41) is 8.45. The number of hydrogen-bond acceptors (Lipinski definition) is 3. The van der Waals surface area contributed by atoms with Crippen LogP contribution in [0.2, 0.25) is 0 Å². The van der Waals surface area contributed by atoms with E-state index in [0.29, 0.717) is 6.61 Å². The Morgan fingerprint density at radius 3 is 3.07 bits per heavy atom. The van der Waals surface area contributed by atoms with Crippen LogP contribution < -0.4 is 0 Å². The molecule has 0 aromatic rings. The first-order chi connectivity index (χ1) is 6.79. The first-order valence-electron chi connectivity index (χ1n) is 4.95. The van der Waals surface area contributed by atoms with Gasteiger partial charge >= 0.3 is 0 Å². The molecule has 14 heavy (non-hydrogen) atoms. The van der Waals surface area contributed by atoms with Crippen LogP contribution in [0.15, 0.2) is 0 Å². The Labute approximate surface area is 84.4 Å². The van der Waals surface area contributed by atoms with E-state index >= 15 is 0 Å². The molecule has 1 heterocycles. The molecule has 0 spiro atoms. The summed E-state index contributed by atoms with van der Waals surface area (Å²) in [5.41, 5.74) is 0. The first-order valence-corrected chi connectivity index (χ1v) is 4.95. The molecule has 0 aliphatic carbocycles. The fourth-order valence-corrected chi connectivity index (χ4v) is 1.86. The monoisotopic (exact) mass is 196 g/mol. The van der Waals surface area contributed by atoms with Gasteiger partial charge in [0.25, 0.3) is 0 Å². The van der Waals surface area contributed by atoms with E-state index in [0.717, 1.165) is 25.8 Å². The minimum Gasteiger partial charge on any atom is -0.383 e. The van der Waals surface area contributed by atoms with Crippen LogP contribution in [0.25, 0.3) is 0 Å². The Hall–Kier alpha value is -1.08. The zero-order valence-electron chi connectivity index (χ0n) is 8.53. The molecule has 1 unspecified atom stereocenters. The second-order valence-electron chi connectivity index (χ2n) is 3.53. The molecule has 1 aliphatic heterocycles. The molecular weight excluding hydrogens is 180 g/mol. The molecule has 1 fully saturated rings. The van der Waals surface area contributed by atoms with Gasteiger partial charge in [-0.25, -0.2) is 0 Å². The van der Waals surface area contributed by atoms with Gasteiger partial charge in [0.1, 0.15) is 6.42 Å². The summed E-state index contributed by atoms with van der Waals surface area (Å²) < 4.78 is 5.06. The maximum absolute atomic E-state index is 11.5. The van der Waals surface area contributed by atoms with Crippen molar-refractivity contribution >= 4 is 5.91 Å². The summed E-state index contributed by atoms with van der Waals surface area (Å²) in [7, 11) is 1.64. The van der Waals surface area contributed by atoms with E-state index in [1.807, 2.05) is 6.07 Å². The maximum Gasteiger partial charge on any atom is 0.237 e. The van der Waals surface area contributed by atoms with Crippen molar-refractivity contribution in [3.05, 3.63) is 0 Å². The Balaban J connectivity index is 2.53. The van der Waals surface area contributed by atoms with Gasteiger partial charge in [-0.15, -0.1) is 0 Å². The van der Waals surface area contributed by atoms with Gasteiger partial charge in [-0.3, -0.25) is 4.79 Å². The predicted octanol–water partition coefficient (Wildman–Crippen LogP) is 0.928. The van der Waals surface area contributed by atoms with Crippen LogP contribution in [0.1, 0.15) is 25.7 Å². The van der Waals surface area contributed by atoms with Gasteiger partial charge in [0.2, 0.25) is 5.91 Å². The molecule has 0 aromatic carbocycles. The van der Waals surface area contributed by atoms with Crippen molar-refractivity contribution in [2.75, 3.05) is 20.3 Å². The topological polar surface area (TPSA) is 53.3 Å². The normalized spacial score (nSPS) is 21.7. The Kier molecular flexibility index (Phi) is 4.41. The van der Waals surface area contributed by atoms with Gasteiger partial charge in [-0.1, -0.05) is 0 Å². The number of nitrogens with zero attached hydrogens (tertiary/aromatic N) is 2. The quantitative estimate of drug-likeness (QED) is 0.674. The second-order valence-corrected chi connectivity index (χ2v) is 3.53. The van der Waals surface area contributed by atoms with E-state index in [9.17, 15) is 4.79 Å². The molecule has 1 saturated heterocycles. The number of amides is 1. The van der Waals surface area contributed by atoms with Crippen molar-refractivity contribution in [1.29, 1.82) is 5.26 Å². The smallest absolute Gasteiger partial charge is 0.237 e. The van der Waals surface area contributed by atoms with E-state index in [1.165, 1.54) is 0 Å². The fraction of sp³-hybridized carbons (Fsp3) is 0.800. The summed E-state index contributed by atoms with van der Waals surface area (Å²) >= 11 is 0. The minimum atomic E-state index is -0.0609. The van der Waals surface area contributed by atoms with Crippen LogP contribution in [-0.4, -0.2) is 37.1 Å². The lowest BCUT2D eigenvalue weighted by molar-refractivity contribution is -0.135. The molecule has 78 valence electrons. The van der Waals surface area contributed by atoms with Crippen LogP contribution in [0, 0.1) is 11.3 Å². The van der Waals surface area contributed by atoms with Crippen molar-refractivity contribution in [1.82, 2.24) is 4.90 Å². The van der Waals surface area contributed by atoms with E-state index in [4.69, 9.17) is 10.00 Å². The third-order valence-electron chi connectivity index (χ3n) is 2.54. The Bertz CT molecular complexity index is 233. The van der Waals surface area contributed by atoms with E-state index < -0.39 is 0 Å². The molecule has 1 atom stereocenters. The van der Waals surface area contributed by atoms with Crippen LogP contribution >= 0.6 is 0 Å². The van der Waals surface area contributed by atoms with Gasteiger partial charge in [0, 0.05) is 13.7 Å². The van der Waals surface area contributed by atoms with E-state index in [2.05, 4.69) is 0 Å². The summed E-state index contributed by atoms with van der Waals surface area (Å²) in [6, 6.07) is 2.07. The Morgan fingerprint density at radius 1 is 1.64 bits per heavy atom. The molecule has 1 rings (SSSR count). The summed E-state index contributed by atoms with van der Waals surface area (Å²) in [5.74, 6) is -0.0609. The second kappa shape index (κ2) is 5.61. The molecule has 0 bridgehead atoms. The standard InChI is InChI=1S/C10H16N2O2/c1-14-8-9-4-2-3-7-12(9)10(13)5-6-11/h9H,2-5,7-8H2,1H3. The average molecular weight is 196 g/mol. The number of nitriles is 1. The van der Waals surface area contributed by atoms with Crippen LogP contribution in [0.3, 0.4) is 0 Å². The third-order valence-corrected chi connectivity index (χ3v) is 2.54. The van der Waals surface area contributed by atoms with Crippen molar-refractivity contribution in [3.63, 3.8) is 0 Å². The number of carbonyl (C=O) groups excluding carboxylic acids is 1. The lowest BCUT2D eigenvalue weighted by atomic mass is 10.0. The molecule has 0 radical (unpaired) electrons. The predicted molar refractivity (Wildman–Crippen MR) is 51.5 cm³/mol. The van der Waals surface area contributed by atoms with Gasteiger partial charge in [-0.05, 0) is 19.3 Å². The molecule has 4 heteroatoms. The number of piperidine rings is 1. The fourth-order valence-electron chi connectivity index (χ4n) is 1.86. The number of rotatable bonds is 3. The van der Waals surface area contributed by atoms with Crippen LogP contribution in [0.5, 0.6) is 0 Å². The average Bonchev–Trinajstić information content (AvgIpc) is 2.19. The number of hydrogen-bond donors (Lipinski definition) is 0. The first kappa shape index (κ1) is 11.0. The summed E-state index contributed by atoms with van der Waals surface area (Å²) in [6.45, 7) is 1.35. The molecule has 0 saturated carbocycles. The van der Waals surface area contributed by atoms with Crippen molar-refractivity contribution in [2.45, 2.75) is 31.7 Å². The van der Waals surface area contributed by atoms with Gasteiger partial charge in [-0.2, -0.15) is 5.26 Å². The molecule has 1 aliphatic rings. The number of ether oxygens (including phenoxy) is 1. The van der Waals surface area contributed by atoms with E-state index in [1.54, 1.807) is 12.0 Å². The SMILES string of the molecule is COCC1CCCCN1C(=O)CC#N. The lowest BCUT2D eigenvalue weighted by Gasteiger charge is -2.34. The Morgan fingerprint density at radius 2 is 2.43 bits per heavy atom. The zero-order chi connectivity index (χ0) is 10.4. The van der Waals surface area contributed by atoms with Gasteiger partial charge < -0.3 is 9.64 Å². The summed E-state index contributed by atoms with van der Waals surface area (Å²) in [6.07, 6.45) is 3.16. The molecule has 4 nitrogen and oxygen atoms in total. The molecular formula is C10H16N2O2. The van der Waals surface area contributed by atoms with Gasteiger partial charge in [0.05, 0.1) is 18.7 Å². The van der Waals surface area contributed by atoms with Crippen molar-refractivity contribution < 1.29 is 9.53 Å². The van der Waals surface area contributed by atoms with E-state index in [-0.39, 0.29) is 18.4 Å². The highest BCUT2D eigenvalue weighted by Crippen LogP contribution is 2.17. The zero-order valence-corrected chi connectivity index (χ0v) is 8.53. The largest absolute Gasteiger partial charge is 0.383 e. The molecule has 0 aromatic heterocycles. The number of carbonyl (C=O) groups is 1. The van der Waals surface area contributed by atoms with Gasteiger partial charge in [0.15, 0.2) is 0 Å². The third kappa shape index (κ3) is 2.71. The molecule has 0 N–H and O–H groups in total. The lowest BCUT2D eigenvalue weighted by Crippen LogP contribution is -2.45. The highest BCUT2D eigenvalue weighted by Gasteiger charge is 2.25. The molecule has 1 amide bonds. The maximum atomic E-state index is 11.5. The number of methoxy groups -OCH3 is 1. The summed E-state index contributed by atoms with van der Waals surface area (Å²) in [4.78, 5) is 13.3. The van der Waals surface area contributed by atoms with Crippen molar-refractivity contribution in [3.8, 4) is 6.07 Å². The van der Waals surface area contributed by atoms with Crippen molar-refractivity contribution in [2.24, 2.45) is 0 Å². The number of likely N-dealkylation sites (tertiary alicyclic amines) is 1. The van der Waals surface area contributed by atoms with Crippen LogP contribution in [-0.2, 0) is 9.53 Å². The minimum absolute atomic E-state index is 0.0137. The highest BCUT2D eigenvalue weighted by atomic mass is 16.5.